The summed E-state index contributed by atoms with van der Waals surface area (Å²) in [4.78, 5) is 10.1. The minimum Gasteiger partial charge on any atom is -0.481 e. The predicted molar refractivity (Wildman–Crippen MR) is 131 cm³/mol. The lowest BCUT2D eigenvalue weighted by Crippen LogP contribution is -2.05. The van der Waals surface area contributed by atoms with E-state index in [0.29, 0.717) is 6.42 Å². The minimum absolute atomic E-state index is 0.0256. The second-order valence-corrected chi connectivity index (χ2v) is 9.16. The molecule has 0 saturated carbocycles. The molecule has 0 aromatic rings. The number of carbonyl (C=O) groups is 1. The summed E-state index contributed by atoms with van der Waals surface area (Å²) in [5, 5.41) is 19.2. The first-order valence-corrected chi connectivity index (χ1v) is 13.7. The van der Waals surface area contributed by atoms with Crippen molar-refractivity contribution in [3.05, 3.63) is 0 Å². The van der Waals surface area contributed by atoms with E-state index in [1.165, 1.54) is 96.3 Å². The van der Waals surface area contributed by atoms with Gasteiger partial charge in [0.05, 0.1) is 6.10 Å². The molecule has 0 rings (SSSR count). The van der Waals surface area contributed by atoms with Gasteiger partial charge in [-0.1, -0.05) is 126 Å². The van der Waals surface area contributed by atoms with Crippen molar-refractivity contribution in [2.24, 2.45) is 0 Å². The molecular formula is C25H51BrO3. The lowest BCUT2D eigenvalue weighted by Gasteiger charge is -2.10. The molecule has 0 amide bonds. The molecule has 0 spiro atoms. The zero-order valence-electron chi connectivity index (χ0n) is 19.6. The second kappa shape index (κ2) is 27.9. The Labute approximate surface area is 190 Å². The topological polar surface area (TPSA) is 57.5 Å². The molecule has 2 N–H and O–H groups in total. The smallest absolute Gasteiger partial charge is 0.303 e. The summed E-state index contributed by atoms with van der Waals surface area (Å²) in [7, 11) is 0. The van der Waals surface area contributed by atoms with Crippen LogP contribution < -0.4 is 0 Å². The Hall–Kier alpha value is -0.0900. The summed E-state index contributed by atoms with van der Waals surface area (Å²) in [5.41, 5.74) is 0. The highest BCUT2D eigenvalue weighted by atomic mass is 79.9. The van der Waals surface area contributed by atoms with Gasteiger partial charge in [-0.05, 0) is 25.7 Å². The zero-order valence-corrected chi connectivity index (χ0v) is 21.2. The van der Waals surface area contributed by atoms with Gasteiger partial charge in [0, 0.05) is 11.8 Å². The summed E-state index contributed by atoms with van der Waals surface area (Å²) in [5.74, 6) is -0.675. The SMILES string of the molecule is CCCCCCCCC(O)CCCCCCCC.O=C(O)CCCCCCCBr. The van der Waals surface area contributed by atoms with Crippen molar-refractivity contribution in [3.63, 3.8) is 0 Å². The van der Waals surface area contributed by atoms with Gasteiger partial charge in [0.2, 0.25) is 0 Å². The van der Waals surface area contributed by atoms with E-state index in [-0.39, 0.29) is 6.10 Å². The van der Waals surface area contributed by atoms with Gasteiger partial charge in [-0.3, -0.25) is 4.79 Å². The molecule has 4 heteroatoms. The molecule has 0 unspecified atom stereocenters. The van der Waals surface area contributed by atoms with Gasteiger partial charge < -0.3 is 10.2 Å². The van der Waals surface area contributed by atoms with Crippen LogP contribution in [0.4, 0.5) is 0 Å². The molecule has 0 aromatic carbocycles. The average molecular weight is 480 g/mol. The van der Waals surface area contributed by atoms with Gasteiger partial charge in [0.25, 0.3) is 0 Å². The largest absolute Gasteiger partial charge is 0.481 e. The molecule has 0 aliphatic rings. The van der Waals surface area contributed by atoms with Crippen LogP contribution in [-0.4, -0.2) is 27.6 Å². The number of carboxylic acid groups (broad SMARTS) is 1. The first-order chi connectivity index (χ1) is 14.1. The van der Waals surface area contributed by atoms with Gasteiger partial charge >= 0.3 is 5.97 Å². The standard InChI is InChI=1S/C17H36O.C8H15BrO2/c1-3-5-7-9-11-13-15-17(18)16-14-12-10-8-6-4-2;9-7-5-3-1-2-4-6-8(10)11/h17-18H,3-16H2,1-2H3;1-7H2,(H,10,11). The Morgan fingerprint density at radius 2 is 1.03 bits per heavy atom. The molecular weight excluding hydrogens is 428 g/mol. The molecule has 176 valence electrons. The van der Waals surface area contributed by atoms with Gasteiger partial charge in [-0.15, -0.1) is 0 Å². The van der Waals surface area contributed by atoms with E-state index in [9.17, 15) is 9.90 Å². The van der Waals surface area contributed by atoms with E-state index in [4.69, 9.17) is 5.11 Å². The highest BCUT2D eigenvalue weighted by molar-refractivity contribution is 9.09. The Balaban J connectivity index is 0. The molecule has 0 atom stereocenters. The lowest BCUT2D eigenvalue weighted by atomic mass is 10.0. The Bertz CT molecular complexity index is 294. The number of rotatable bonds is 21. The van der Waals surface area contributed by atoms with Crippen LogP contribution in [0, 0.1) is 0 Å². The molecule has 0 aliphatic carbocycles. The van der Waals surface area contributed by atoms with Crippen LogP contribution in [0.3, 0.4) is 0 Å². The first-order valence-electron chi connectivity index (χ1n) is 12.5. The number of unbranched alkanes of at least 4 members (excludes halogenated alkanes) is 14. The first kappa shape index (κ1) is 31.1. The average Bonchev–Trinajstić information content (AvgIpc) is 2.70. The minimum atomic E-state index is -0.675. The van der Waals surface area contributed by atoms with Gasteiger partial charge in [0.15, 0.2) is 0 Å². The molecule has 0 aromatic heterocycles. The fraction of sp³-hybridized carbons (Fsp3) is 0.960. The highest BCUT2D eigenvalue weighted by Gasteiger charge is 2.03. The van der Waals surface area contributed by atoms with Crippen LogP contribution in [0.1, 0.15) is 142 Å². The summed E-state index contributed by atoms with van der Waals surface area (Å²) >= 11 is 3.35. The highest BCUT2D eigenvalue weighted by Crippen LogP contribution is 2.14. The van der Waals surface area contributed by atoms with Crippen LogP contribution in [-0.2, 0) is 4.79 Å². The van der Waals surface area contributed by atoms with Gasteiger partial charge in [-0.2, -0.15) is 0 Å². The molecule has 0 fully saturated rings. The van der Waals surface area contributed by atoms with Gasteiger partial charge in [-0.25, -0.2) is 0 Å². The van der Waals surface area contributed by atoms with Crippen molar-refractivity contribution in [2.45, 2.75) is 148 Å². The Kier molecular flexibility index (Phi) is 29.9. The van der Waals surface area contributed by atoms with Crippen LogP contribution in [0.2, 0.25) is 0 Å². The summed E-state index contributed by atoms with van der Waals surface area (Å²) in [6.45, 7) is 4.51. The van der Waals surface area contributed by atoms with Crippen molar-refractivity contribution < 1.29 is 15.0 Å². The molecule has 0 saturated heterocycles. The van der Waals surface area contributed by atoms with Gasteiger partial charge in [0.1, 0.15) is 0 Å². The third-order valence-corrected chi connectivity index (χ3v) is 5.87. The molecule has 3 nitrogen and oxygen atoms in total. The third kappa shape index (κ3) is 32.8. The van der Waals surface area contributed by atoms with Crippen LogP contribution in [0.5, 0.6) is 0 Å². The zero-order chi connectivity index (χ0) is 22.0. The van der Waals surface area contributed by atoms with Crippen molar-refractivity contribution >= 4 is 21.9 Å². The second-order valence-electron chi connectivity index (χ2n) is 8.37. The lowest BCUT2D eigenvalue weighted by molar-refractivity contribution is -0.137. The number of halogens is 1. The summed E-state index contributed by atoms with van der Waals surface area (Å²) in [6, 6.07) is 0. The van der Waals surface area contributed by atoms with E-state index < -0.39 is 5.97 Å². The number of aliphatic carboxylic acids is 1. The Morgan fingerprint density at radius 3 is 1.45 bits per heavy atom. The van der Waals surface area contributed by atoms with Crippen molar-refractivity contribution in [1.29, 1.82) is 0 Å². The fourth-order valence-corrected chi connectivity index (χ4v) is 3.76. The van der Waals surface area contributed by atoms with E-state index in [2.05, 4.69) is 29.8 Å². The maximum absolute atomic E-state index is 10.1. The summed E-state index contributed by atoms with van der Waals surface area (Å²) in [6.07, 6.45) is 23.8. The molecule has 0 radical (unpaired) electrons. The number of carboxylic acids is 1. The van der Waals surface area contributed by atoms with E-state index >= 15 is 0 Å². The molecule has 29 heavy (non-hydrogen) atoms. The number of hydrogen-bond donors (Lipinski definition) is 2. The van der Waals surface area contributed by atoms with E-state index in [1.54, 1.807) is 0 Å². The normalized spacial score (nSPS) is 10.8. The van der Waals surface area contributed by atoms with E-state index in [1.807, 2.05) is 0 Å². The van der Waals surface area contributed by atoms with Crippen LogP contribution in [0.15, 0.2) is 0 Å². The maximum atomic E-state index is 10.1. The fourth-order valence-electron chi connectivity index (χ4n) is 3.37. The monoisotopic (exact) mass is 478 g/mol. The number of alkyl halides is 1. The van der Waals surface area contributed by atoms with Crippen molar-refractivity contribution in [3.8, 4) is 0 Å². The molecule has 0 aliphatic heterocycles. The number of aliphatic hydroxyl groups is 1. The van der Waals surface area contributed by atoms with E-state index in [0.717, 1.165) is 31.0 Å². The van der Waals surface area contributed by atoms with Crippen molar-refractivity contribution in [2.75, 3.05) is 5.33 Å². The quantitative estimate of drug-likeness (QED) is 0.128. The van der Waals surface area contributed by atoms with Crippen LogP contribution >= 0.6 is 15.9 Å². The maximum Gasteiger partial charge on any atom is 0.303 e. The Morgan fingerprint density at radius 1 is 0.655 bits per heavy atom. The van der Waals surface area contributed by atoms with Crippen LogP contribution in [0.25, 0.3) is 0 Å². The predicted octanol–water partition coefficient (Wildman–Crippen LogP) is 8.66. The molecule has 0 heterocycles. The molecule has 0 bridgehead atoms. The number of aliphatic hydroxyl groups excluding tert-OH is 1. The van der Waals surface area contributed by atoms with Crippen molar-refractivity contribution in [1.82, 2.24) is 0 Å². The summed E-state index contributed by atoms with van der Waals surface area (Å²) < 4.78 is 0. The number of hydrogen-bond acceptors (Lipinski definition) is 2. The third-order valence-electron chi connectivity index (χ3n) is 5.31.